The maximum absolute atomic E-state index is 13.4. The lowest BCUT2D eigenvalue weighted by Gasteiger charge is -2.21. The normalized spacial score (nSPS) is 16.3. The molecule has 1 fully saturated rings. The maximum Gasteiger partial charge on any atom is 0.223 e. The Morgan fingerprint density at radius 2 is 2.05 bits per heavy atom. The topological polar surface area (TPSA) is 38.3 Å². The summed E-state index contributed by atoms with van der Waals surface area (Å²) in [6.45, 7) is 1.53. The highest BCUT2D eigenvalue weighted by Crippen LogP contribution is 2.15. The molecule has 19 heavy (non-hydrogen) atoms. The van der Waals surface area contributed by atoms with Gasteiger partial charge in [0, 0.05) is 25.7 Å². The minimum absolute atomic E-state index is 0.0221. The number of carbonyl (C=O) groups is 1. The fraction of sp³-hybridized carbons (Fsp3) is 0.500. The van der Waals surface area contributed by atoms with Gasteiger partial charge in [-0.25, -0.2) is 8.78 Å². The van der Waals surface area contributed by atoms with Gasteiger partial charge < -0.3 is 10.1 Å². The molecule has 3 nitrogen and oxygen atoms in total. The number of nitrogens with one attached hydrogen (secondary N) is 1. The van der Waals surface area contributed by atoms with Crippen LogP contribution in [-0.2, 0) is 16.0 Å². The van der Waals surface area contributed by atoms with Crippen molar-refractivity contribution in [1.29, 1.82) is 0 Å². The zero-order valence-electron chi connectivity index (χ0n) is 10.6. The van der Waals surface area contributed by atoms with Crippen LogP contribution >= 0.6 is 0 Å². The van der Waals surface area contributed by atoms with Crippen molar-refractivity contribution < 1.29 is 18.3 Å². The lowest BCUT2D eigenvalue weighted by Crippen LogP contribution is -2.35. The number of ether oxygens (including phenoxy) is 1. The van der Waals surface area contributed by atoms with Crippen LogP contribution in [0.5, 0.6) is 0 Å². The number of benzene rings is 1. The van der Waals surface area contributed by atoms with E-state index >= 15 is 0 Å². The number of hydrogen-bond donors (Lipinski definition) is 1. The first-order valence-corrected chi connectivity index (χ1v) is 6.47. The van der Waals surface area contributed by atoms with Gasteiger partial charge in [0.2, 0.25) is 5.91 Å². The minimum Gasteiger partial charge on any atom is -0.381 e. The van der Waals surface area contributed by atoms with Crippen LogP contribution in [-0.4, -0.2) is 25.7 Å². The van der Waals surface area contributed by atoms with Crippen LogP contribution < -0.4 is 5.32 Å². The van der Waals surface area contributed by atoms with E-state index in [9.17, 15) is 13.6 Å². The van der Waals surface area contributed by atoms with Crippen LogP contribution in [0.2, 0.25) is 0 Å². The van der Waals surface area contributed by atoms with E-state index in [4.69, 9.17) is 4.74 Å². The summed E-state index contributed by atoms with van der Waals surface area (Å²) in [5, 5.41) is 2.76. The fourth-order valence-corrected chi connectivity index (χ4v) is 2.17. The first-order valence-electron chi connectivity index (χ1n) is 6.47. The van der Waals surface area contributed by atoms with Crippen molar-refractivity contribution >= 4 is 5.91 Å². The Bertz CT molecular complexity index is 445. The van der Waals surface area contributed by atoms with Gasteiger partial charge in [-0.15, -0.1) is 0 Å². The van der Waals surface area contributed by atoms with Gasteiger partial charge in [-0.05, 0) is 30.9 Å². The second kappa shape index (κ2) is 6.61. The van der Waals surface area contributed by atoms with Crippen LogP contribution in [0.1, 0.15) is 18.4 Å². The first-order chi connectivity index (χ1) is 9.18. The van der Waals surface area contributed by atoms with Crippen molar-refractivity contribution in [1.82, 2.24) is 5.32 Å². The van der Waals surface area contributed by atoms with Crippen molar-refractivity contribution in [2.24, 2.45) is 5.92 Å². The Hall–Kier alpha value is -1.49. The Morgan fingerprint density at radius 3 is 2.79 bits per heavy atom. The van der Waals surface area contributed by atoms with E-state index in [0.717, 1.165) is 18.9 Å². The highest BCUT2D eigenvalue weighted by atomic mass is 19.2. The summed E-state index contributed by atoms with van der Waals surface area (Å²) in [6.07, 6.45) is 1.73. The van der Waals surface area contributed by atoms with Gasteiger partial charge in [0.25, 0.3) is 0 Å². The second-order valence-electron chi connectivity index (χ2n) is 4.64. The quantitative estimate of drug-likeness (QED) is 0.908. The molecule has 1 aliphatic heterocycles. The lowest BCUT2D eigenvalue weighted by atomic mass is 9.99. The zero-order chi connectivity index (χ0) is 13.7. The molecule has 104 valence electrons. The summed E-state index contributed by atoms with van der Waals surface area (Å²) in [7, 11) is 0. The van der Waals surface area contributed by atoms with Crippen LogP contribution in [0.3, 0.4) is 0 Å². The molecule has 2 rings (SSSR count). The van der Waals surface area contributed by atoms with E-state index in [0.29, 0.717) is 26.2 Å². The molecule has 1 saturated heterocycles. The summed E-state index contributed by atoms with van der Waals surface area (Å²) in [5.41, 5.74) is 0.285. The summed E-state index contributed by atoms with van der Waals surface area (Å²) >= 11 is 0. The highest BCUT2D eigenvalue weighted by Gasteiger charge is 2.21. The summed E-state index contributed by atoms with van der Waals surface area (Å²) in [6, 6.07) is 4.08. The van der Waals surface area contributed by atoms with E-state index in [-0.39, 0.29) is 17.4 Å². The Balaban J connectivity index is 1.79. The van der Waals surface area contributed by atoms with Crippen molar-refractivity contribution in [3.63, 3.8) is 0 Å². The van der Waals surface area contributed by atoms with Crippen LogP contribution in [0.25, 0.3) is 0 Å². The minimum atomic E-state index is -0.853. The average molecular weight is 269 g/mol. The predicted octanol–water partition coefficient (Wildman–Crippen LogP) is 2.05. The molecule has 0 radical (unpaired) electrons. The average Bonchev–Trinajstić information content (AvgIpc) is 2.44. The zero-order valence-corrected chi connectivity index (χ0v) is 10.6. The third kappa shape index (κ3) is 3.73. The number of carbonyl (C=O) groups excluding carboxylic acids is 1. The van der Waals surface area contributed by atoms with E-state index in [1.807, 2.05) is 0 Å². The second-order valence-corrected chi connectivity index (χ2v) is 4.64. The molecule has 0 aliphatic carbocycles. The Morgan fingerprint density at radius 1 is 1.32 bits per heavy atom. The Kier molecular flexibility index (Phi) is 4.85. The molecule has 5 heteroatoms. The maximum atomic E-state index is 13.4. The van der Waals surface area contributed by atoms with E-state index in [1.54, 1.807) is 0 Å². The molecular weight excluding hydrogens is 252 g/mol. The van der Waals surface area contributed by atoms with Crippen molar-refractivity contribution in [2.45, 2.75) is 19.3 Å². The number of hydrogen-bond acceptors (Lipinski definition) is 2. The molecule has 1 aromatic carbocycles. The van der Waals surface area contributed by atoms with E-state index in [2.05, 4.69) is 5.32 Å². The molecular formula is C14H17F2NO2. The third-order valence-corrected chi connectivity index (χ3v) is 3.32. The number of rotatable bonds is 4. The third-order valence-electron chi connectivity index (χ3n) is 3.32. The highest BCUT2D eigenvalue weighted by molar-refractivity contribution is 5.78. The molecule has 1 aliphatic rings. The number of amides is 1. The van der Waals surface area contributed by atoms with Crippen molar-refractivity contribution in [3.05, 3.63) is 35.4 Å². The molecule has 0 bridgehead atoms. The summed E-state index contributed by atoms with van der Waals surface area (Å²) in [4.78, 5) is 11.8. The molecule has 1 aromatic rings. The largest absolute Gasteiger partial charge is 0.381 e. The molecule has 0 atom stereocenters. The summed E-state index contributed by atoms with van der Waals surface area (Å²) in [5.74, 6) is -1.73. The lowest BCUT2D eigenvalue weighted by molar-refractivity contribution is -0.127. The van der Waals surface area contributed by atoms with Gasteiger partial charge in [-0.1, -0.05) is 12.1 Å². The molecule has 0 spiro atoms. The molecule has 0 unspecified atom stereocenters. The van der Waals surface area contributed by atoms with Crippen molar-refractivity contribution in [3.8, 4) is 0 Å². The summed E-state index contributed by atoms with van der Waals surface area (Å²) < 4.78 is 31.5. The van der Waals surface area contributed by atoms with Gasteiger partial charge in [0.15, 0.2) is 11.6 Å². The fourth-order valence-electron chi connectivity index (χ4n) is 2.17. The van der Waals surface area contributed by atoms with Crippen LogP contribution in [0.4, 0.5) is 8.78 Å². The van der Waals surface area contributed by atoms with Crippen molar-refractivity contribution in [2.75, 3.05) is 19.8 Å². The predicted molar refractivity (Wildman–Crippen MR) is 66.6 cm³/mol. The van der Waals surface area contributed by atoms with Crippen LogP contribution in [0.15, 0.2) is 18.2 Å². The van der Waals surface area contributed by atoms with E-state index in [1.165, 1.54) is 12.1 Å². The van der Waals surface area contributed by atoms with Gasteiger partial charge in [0.05, 0.1) is 0 Å². The SMILES string of the molecule is O=C(NCCc1cccc(F)c1F)C1CCOCC1. The van der Waals surface area contributed by atoms with E-state index < -0.39 is 11.6 Å². The molecule has 1 heterocycles. The Labute approximate surface area is 111 Å². The molecule has 1 amide bonds. The number of halogens is 2. The standard InChI is InChI=1S/C14H17F2NO2/c15-12-3-1-2-10(13(12)16)4-7-17-14(18)11-5-8-19-9-6-11/h1-3,11H,4-9H2,(H,17,18). The first kappa shape index (κ1) is 13.9. The van der Waals surface area contributed by atoms with Gasteiger partial charge >= 0.3 is 0 Å². The van der Waals surface area contributed by atoms with Gasteiger partial charge in [-0.3, -0.25) is 4.79 Å². The van der Waals surface area contributed by atoms with Gasteiger partial charge in [0.1, 0.15) is 0 Å². The monoisotopic (exact) mass is 269 g/mol. The molecule has 1 N–H and O–H groups in total. The smallest absolute Gasteiger partial charge is 0.223 e. The molecule has 0 aromatic heterocycles. The van der Waals surface area contributed by atoms with Gasteiger partial charge in [-0.2, -0.15) is 0 Å². The molecule has 0 saturated carbocycles. The van der Waals surface area contributed by atoms with Crippen LogP contribution in [0, 0.1) is 17.6 Å².